The maximum Gasteiger partial charge on any atom is -0.0150 e. The molecule has 0 saturated heterocycles. The topological polar surface area (TPSA) is 0 Å². The molecular formula is C36H70. The van der Waals surface area contributed by atoms with E-state index in [9.17, 15) is 0 Å². The summed E-state index contributed by atoms with van der Waals surface area (Å²) in [6, 6.07) is 2.42. The number of rotatable bonds is 4. The van der Waals surface area contributed by atoms with Gasteiger partial charge in [0.25, 0.3) is 0 Å². The highest BCUT2D eigenvalue weighted by atomic mass is 14.3. The molecule has 214 valence electrons. The molecule has 2 aliphatic rings. The number of allylic oxidation sites excluding steroid dienone is 2. The predicted molar refractivity (Wildman–Crippen MR) is 175 cm³/mol. The van der Waals surface area contributed by atoms with Crippen molar-refractivity contribution in [2.24, 2.45) is 17.8 Å². The first-order chi connectivity index (χ1) is 17.1. The van der Waals surface area contributed by atoms with Gasteiger partial charge in [0, 0.05) is 0 Å². The summed E-state index contributed by atoms with van der Waals surface area (Å²) in [5.74, 6) is 2.48. The van der Waals surface area contributed by atoms with Crippen LogP contribution < -0.4 is 0 Å². The van der Waals surface area contributed by atoms with Gasteiger partial charge >= 0.3 is 0 Å². The van der Waals surface area contributed by atoms with Crippen LogP contribution in [0.1, 0.15) is 164 Å². The molecule has 0 nitrogen and oxygen atoms in total. The normalized spacial score (nSPS) is 14.7. The third-order valence-electron chi connectivity index (χ3n) is 5.53. The van der Waals surface area contributed by atoms with Crippen molar-refractivity contribution in [2.75, 3.05) is 0 Å². The van der Waals surface area contributed by atoms with E-state index in [1.165, 1.54) is 60.8 Å². The van der Waals surface area contributed by atoms with Crippen molar-refractivity contribution in [3.8, 4) is 0 Å². The minimum absolute atomic E-state index is 0.797. The molecule has 36 heavy (non-hydrogen) atoms. The molecule has 0 spiro atoms. The third-order valence-corrected chi connectivity index (χ3v) is 5.53. The molecular weight excluding hydrogens is 432 g/mol. The average Bonchev–Trinajstić information content (AvgIpc) is 3.67. The Labute approximate surface area is 231 Å². The van der Waals surface area contributed by atoms with Crippen LogP contribution in [-0.2, 0) is 12.8 Å². The lowest BCUT2D eigenvalue weighted by atomic mass is 9.89. The van der Waals surface area contributed by atoms with Crippen LogP contribution in [0.3, 0.4) is 0 Å². The highest BCUT2D eigenvalue weighted by Crippen LogP contribution is 2.40. The molecule has 1 fully saturated rings. The lowest BCUT2D eigenvalue weighted by Crippen LogP contribution is -1.98. The smallest absolute Gasteiger partial charge is 0.0150 e. The molecule has 0 N–H and O–H groups in total. The Kier molecular flexibility index (Phi) is 31.1. The number of fused-ring (bicyclic) bond motifs is 1. The van der Waals surface area contributed by atoms with Gasteiger partial charge in [-0.3, -0.25) is 0 Å². The van der Waals surface area contributed by atoms with Gasteiger partial charge in [-0.15, -0.1) is 0 Å². The van der Waals surface area contributed by atoms with E-state index in [1.807, 2.05) is 55.4 Å². The fraction of sp³-hybridized carbons (Fsp3) is 0.722. The van der Waals surface area contributed by atoms with Crippen molar-refractivity contribution < 1.29 is 0 Å². The zero-order chi connectivity index (χ0) is 29.4. The molecule has 0 heteroatoms. The molecule has 1 aromatic carbocycles. The van der Waals surface area contributed by atoms with E-state index in [1.54, 1.807) is 16.7 Å². The van der Waals surface area contributed by atoms with Gasteiger partial charge in [-0.25, -0.2) is 0 Å². The first-order valence-electron chi connectivity index (χ1n) is 15.6. The van der Waals surface area contributed by atoms with Gasteiger partial charge in [-0.2, -0.15) is 0 Å². The zero-order valence-corrected chi connectivity index (χ0v) is 28.3. The minimum atomic E-state index is 0.797. The maximum atomic E-state index is 4.21. The Bertz CT molecular complexity index is 663. The maximum absolute atomic E-state index is 4.21. The lowest BCUT2D eigenvalue weighted by Gasteiger charge is -2.15. The van der Waals surface area contributed by atoms with Crippen molar-refractivity contribution in [2.45, 2.75) is 156 Å². The number of unbranched alkanes of at least 4 members (excludes halogenated alkanes) is 1. The van der Waals surface area contributed by atoms with Gasteiger partial charge in [0.05, 0.1) is 0 Å². The quantitative estimate of drug-likeness (QED) is 0.384. The van der Waals surface area contributed by atoms with Gasteiger partial charge in [-0.1, -0.05) is 140 Å². The summed E-state index contributed by atoms with van der Waals surface area (Å²) in [7, 11) is 0. The van der Waals surface area contributed by atoms with E-state index in [-0.39, 0.29) is 0 Å². The summed E-state index contributed by atoms with van der Waals surface area (Å²) in [5, 5.41) is 0. The van der Waals surface area contributed by atoms with E-state index >= 15 is 0 Å². The van der Waals surface area contributed by atoms with Crippen LogP contribution in [0.5, 0.6) is 0 Å². The fourth-order valence-electron chi connectivity index (χ4n) is 3.63. The van der Waals surface area contributed by atoms with E-state index < -0.39 is 0 Å². The Morgan fingerprint density at radius 1 is 0.889 bits per heavy atom. The summed E-state index contributed by atoms with van der Waals surface area (Å²) in [6.07, 6.45) is 10.3. The molecule has 1 unspecified atom stereocenters. The monoisotopic (exact) mass is 503 g/mol. The summed E-state index contributed by atoms with van der Waals surface area (Å²) in [6.45, 7) is 40.2. The molecule has 1 saturated carbocycles. The summed E-state index contributed by atoms with van der Waals surface area (Å²) in [5.41, 5.74) is 10.2. The SMILES string of the molecule is C=C(C)c1cc2c(c(C)c1/C=C(\C)C1CC1)CC(C)C2.CC.CC.CC.CC.CC(C)C.CCCC. The average molecular weight is 503 g/mol. The molecule has 0 heterocycles. The summed E-state index contributed by atoms with van der Waals surface area (Å²) in [4.78, 5) is 0. The van der Waals surface area contributed by atoms with Crippen LogP contribution in [0.2, 0.25) is 0 Å². The molecule has 1 aromatic rings. The van der Waals surface area contributed by atoms with E-state index in [0.29, 0.717) is 0 Å². The first-order valence-corrected chi connectivity index (χ1v) is 15.6. The van der Waals surface area contributed by atoms with Gasteiger partial charge in [0.1, 0.15) is 0 Å². The Morgan fingerprint density at radius 3 is 1.64 bits per heavy atom. The zero-order valence-electron chi connectivity index (χ0n) is 28.3. The Hall–Kier alpha value is -1.30. The van der Waals surface area contributed by atoms with Crippen molar-refractivity contribution in [3.05, 3.63) is 46.0 Å². The Morgan fingerprint density at radius 2 is 1.31 bits per heavy atom. The van der Waals surface area contributed by atoms with Gasteiger partial charge in [0.2, 0.25) is 0 Å². The van der Waals surface area contributed by atoms with Crippen LogP contribution in [0.25, 0.3) is 11.6 Å². The molecule has 0 aromatic heterocycles. The van der Waals surface area contributed by atoms with Gasteiger partial charge < -0.3 is 0 Å². The molecule has 0 bridgehead atoms. The van der Waals surface area contributed by atoms with Crippen LogP contribution in [0.4, 0.5) is 0 Å². The molecule has 0 aliphatic heterocycles. The third kappa shape index (κ3) is 18.0. The van der Waals surface area contributed by atoms with Crippen molar-refractivity contribution in [1.82, 2.24) is 0 Å². The van der Waals surface area contributed by atoms with Crippen molar-refractivity contribution >= 4 is 11.6 Å². The molecule has 3 rings (SSSR count). The highest BCUT2D eigenvalue weighted by Gasteiger charge is 2.25. The van der Waals surface area contributed by atoms with E-state index in [2.05, 4.69) is 81.0 Å². The largest absolute Gasteiger partial charge is 0.0955 e. The standard InChI is InChI=1S/C20H26.2C4H10.4C2H6/c1-12(2)18-11-17-8-13(3)9-19(17)15(5)20(18)10-14(4)16-6-7-16;1-4(2)3;1-3-4-2;4*1-2/h10-11,13,16H,1,6-9H2,2-5H3;4H,1-3H3;3-4H2,1-2H3;4*1-2H3/b14-10+;;;;;;. The highest BCUT2D eigenvalue weighted by molar-refractivity contribution is 5.76. The van der Waals surface area contributed by atoms with E-state index in [0.717, 1.165) is 17.8 Å². The Balaban J connectivity index is -0.000000269. The number of hydrogen-bond donors (Lipinski definition) is 0. The first kappa shape index (κ1) is 41.8. The van der Waals surface area contributed by atoms with Gasteiger partial charge in [0.15, 0.2) is 0 Å². The molecule has 2 aliphatic carbocycles. The second-order valence-electron chi connectivity index (χ2n) is 9.79. The second-order valence-corrected chi connectivity index (χ2v) is 9.79. The van der Waals surface area contributed by atoms with Crippen LogP contribution >= 0.6 is 0 Å². The molecule has 1 atom stereocenters. The predicted octanol–water partition coefficient (Wildman–Crippen LogP) is 13.1. The van der Waals surface area contributed by atoms with Crippen LogP contribution in [0, 0.1) is 24.7 Å². The van der Waals surface area contributed by atoms with Gasteiger partial charge in [-0.05, 0) is 92.0 Å². The van der Waals surface area contributed by atoms with Crippen molar-refractivity contribution in [1.29, 1.82) is 0 Å². The summed E-state index contributed by atoms with van der Waals surface area (Å²) >= 11 is 0. The van der Waals surface area contributed by atoms with E-state index in [4.69, 9.17) is 0 Å². The number of benzene rings is 1. The van der Waals surface area contributed by atoms with Crippen LogP contribution in [0.15, 0.2) is 18.2 Å². The molecule has 0 radical (unpaired) electrons. The molecule has 0 amide bonds. The fourth-order valence-corrected chi connectivity index (χ4v) is 3.63. The lowest BCUT2D eigenvalue weighted by molar-refractivity contribution is 0.627. The number of hydrogen-bond acceptors (Lipinski definition) is 0. The van der Waals surface area contributed by atoms with Crippen molar-refractivity contribution in [3.63, 3.8) is 0 Å². The summed E-state index contributed by atoms with van der Waals surface area (Å²) < 4.78 is 0. The van der Waals surface area contributed by atoms with Crippen LogP contribution in [-0.4, -0.2) is 0 Å². The second kappa shape index (κ2) is 26.8. The minimum Gasteiger partial charge on any atom is -0.0955 e.